The molecule has 3 aromatic carbocycles. The number of fused-ring (bicyclic) bond motifs is 2. The molecule has 0 saturated carbocycles. The lowest BCUT2D eigenvalue weighted by atomic mass is 9.82. The van der Waals surface area contributed by atoms with Gasteiger partial charge in [-0.3, -0.25) is 14.3 Å². The van der Waals surface area contributed by atoms with E-state index in [9.17, 15) is 19.5 Å². The van der Waals surface area contributed by atoms with Crippen molar-refractivity contribution in [2.24, 2.45) is 5.92 Å². The molecule has 2 saturated heterocycles. The third kappa shape index (κ3) is 6.85. The molecule has 0 aliphatic carbocycles. The molecule has 1 spiro atoms. The highest BCUT2D eigenvalue weighted by Crippen LogP contribution is 2.60. The van der Waals surface area contributed by atoms with Crippen molar-refractivity contribution in [2.45, 2.75) is 94.8 Å². The zero-order chi connectivity index (χ0) is 36.6. The number of carbonyl (C=O) groups excluding carboxylic acids is 2. The highest BCUT2D eigenvalue weighted by Gasteiger charge is 2.66. The highest BCUT2D eigenvalue weighted by atomic mass is 35.5. The van der Waals surface area contributed by atoms with Gasteiger partial charge in [0.25, 0.3) is 5.91 Å². The number of hydrogen-bond donors (Lipinski definition) is 2. The fourth-order valence-electron chi connectivity index (χ4n) is 8.77. The molecule has 4 heterocycles. The van der Waals surface area contributed by atoms with Crippen LogP contribution >= 0.6 is 11.6 Å². The predicted octanol–water partition coefficient (Wildman–Crippen LogP) is 6.79. The summed E-state index contributed by atoms with van der Waals surface area (Å²) < 4.78 is 8.75. The van der Waals surface area contributed by atoms with Crippen molar-refractivity contribution in [3.8, 4) is 0 Å². The molecule has 3 aliphatic rings. The first-order valence-corrected chi connectivity index (χ1v) is 21.9. The van der Waals surface area contributed by atoms with E-state index in [-0.39, 0.29) is 35.8 Å². The predicted molar refractivity (Wildman–Crippen MR) is 204 cm³/mol. The summed E-state index contributed by atoms with van der Waals surface area (Å²) in [6.45, 7) is 7.26. The normalized spacial score (nSPS) is 24.3. The standard InChI is InChI=1S/C40H48ClN5O5Si/c1-27-38(52(2,3)50)36(20-22-44-25-34(42-43-44)32(26-47)29-11-7-6-8-12-29)51-40(27)33-23-30(41)16-19-35(33)46(39(40)49)24-28-14-17-31(18-15-28)45-21-10-5-4-9-13-37(45)48/h6-8,11-12,14-19,23,25,27,32,36,38,47,50H,4-5,9-10,13,20-22,24,26H2,1-3H3/t27-,32?,36+,38-,40+/m1/s1. The van der Waals surface area contributed by atoms with Crippen LogP contribution in [0.5, 0.6) is 0 Å². The second-order valence-electron chi connectivity index (χ2n) is 15.1. The summed E-state index contributed by atoms with van der Waals surface area (Å²) in [6.07, 6.45) is 6.64. The van der Waals surface area contributed by atoms with Crippen molar-refractivity contribution >= 4 is 43.1 Å². The number of aryl methyl sites for hydroxylation is 1. The second-order valence-corrected chi connectivity index (χ2v) is 19.5. The van der Waals surface area contributed by atoms with Gasteiger partial charge in [-0.15, -0.1) is 5.10 Å². The monoisotopic (exact) mass is 741 g/mol. The van der Waals surface area contributed by atoms with Crippen molar-refractivity contribution in [2.75, 3.05) is 23.0 Å². The molecule has 1 aromatic heterocycles. The number of anilines is 2. The molecule has 52 heavy (non-hydrogen) atoms. The molecule has 0 bridgehead atoms. The number of rotatable bonds is 10. The lowest BCUT2D eigenvalue weighted by Crippen LogP contribution is -2.46. The molecule has 12 heteroatoms. The van der Waals surface area contributed by atoms with Crippen LogP contribution in [-0.4, -0.2) is 64.3 Å². The first-order chi connectivity index (χ1) is 25.0. The van der Waals surface area contributed by atoms with Crippen molar-refractivity contribution in [3.05, 3.63) is 106 Å². The smallest absolute Gasteiger partial charge is 0.264 e. The van der Waals surface area contributed by atoms with Gasteiger partial charge in [0.15, 0.2) is 13.9 Å². The van der Waals surface area contributed by atoms with E-state index < -0.39 is 20.0 Å². The number of aliphatic hydroxyl groups is 1. The van der Waals surface area contributed by atoms with Crippen molar-refractivity contribution < 1.29 is 24.2 Å². The quantitative estimate of drug-likeness (QED) is 0.172. The minimum Gasteiger partial charge on any atom is -0.432 e. The minimum absolute atomic E-state index is 0.0936. The maximum Gasteiger partial charge on any atom is 0.264 e. The van der Waals surface area contributed by atoms with Gasteiger partial charge >= 0.3 is 0 Å². The summed E-state index contributed by atoms with van der Waals surface area (Å²) in [5.41, 5.74) is 3.35. The zero-order valence-corrected chi connectivity index (χ0v) is 31.9. The van der Waals surface area contributed by atoms with Crippen LogP contribution in [0.25, 0.3) is 0 Å². The average Bonchev–Trinajstić information content (AvgIpc) is 3.77. The van der Waals surface area contributed by atoms with Crippen LogP contribution in [-0.2, 0) is 33.0 Å². The largest absolute Gasteiger partial charge is 0.432 e. The first-order valence-electron chi connectivity index (χ1n) is 18.5. The van der Waals surface area contributed by atoms with E-state index in [1.807, 2.05) is 97.8 Å². The molecule has 2 fully saturated rings. The topological polar surface area (TPSA) is 121 Å². The van der Waals surface area contributed by atoms with Crippen LogP contribution in [0.15, 0.2) is 79.0 Å². The molecule has 274 valence electrons. The van der Waals surface area contributed by atoms with Crippen LogP contribution in [0, 0.1) is 5.92 Å². The number of hydrogen-bond acceptors (Lipinski definition) is 7. The molecule has 3 aliphatic heterocycles. The number of benzene rings is 3. The van der Waals surface area contributed by atoms with Gasteiger partial charge in [-0.05, 0) is 73.8 Å². The molecule has 2 N–H and O–H groups in total. The van der Waals surface area contributed by atoms with Crippen LogP contribution < -0.4 is 9.80 Å². The molecular formula is C40H48ClN5O5Si. The maximum atomic E-state index is 14.9. The van der Waals surface area contributed by atoms with Crippen molar-refractivity contribution in [1.29, 1.82) is 0 Å². The van der Waals surface area contributed by atoms with Crippen LogP contribution in [0.2, 0.25) is 23.7 Å². The van der Waals surface area contributed by atoms with E-state index in [2.05, 4.69) is 10.3 Å². The SMILES string of the molecule is C[C@@H]1[C@@H]([Si](C)(C)O)[C@H](CCn2cc(C(CO)c3ccccc3)nn2)O[C@@]12C(=O)N(Cc1ccc(N3CCCCCCC3=O)cc1)c1ccc(Cl)cc12. The van der Waals surface area contributed by atoms with Gasteiger partial charge < -0.3 is 24.4 Å². The van der Waals surface area contributed by atoms with E-state index in [0.29, 0.717) is 36.6 Å². The number of amides is 2. The van der Waals surface area contributed by atoms with E-state index in [1.54, 1.807) is 15.6 Å². The highest BCUT2D eigenvalue weighted by molar-refractivity contribution is 6.71. The number of carbonyl (C=O) groups is 2. The second kappa shape index (κ2) is 14.9. The van der Waals surface area contributed by atoms with E-state index >= 15 is 0 Å². The summed E-state index contributed by atoms with van der Waals surface area (Å²) in [5.74, 6) is -0.628. The summed E-state index contributed by atoms with van der Waals surface area (Å²) in [7, 11) is -2.88. The van der Waals surface area contributed by atoms with Gasteiger partial charge in [0.05, 0.1) is 36.6 Å². The molecule has 10 nitrogen and oxygen atoms in total. The van der Waals surface area contributed by atoms with Crippen LogP contribution in [0.1, 0.15) is 73.8 Å². The fraction of sp³-hybridized carbons (Fsp3) is 0.450. The summed E-state index contributed by atoms with van der Waals surface area (Å²) in [6, 6.07) is 23.2. The molecular weight excluding hydrogens is 694 g/mol. The zero-order valence-electron chi connectivity index (χ0n) is 30.1. The lowest BCUT2D eigenvalue weighted by molar-refractivity contribution is -0.146. The first kappa shape index (κ1) is 36.5. The lowest BCUT2D eigenvalue weighted by Gasteiger charge is -2.32. The number of halogens is 1. The van der Waals surface area contributed by atoms with Crippen molar-refractivity contribution in [1.82, 2.24) is 15.0 Å². The third-order valence-corrected chi connectivity index (χ3v) is 14.0. The third-order valence-electron chi connectivity index (χ3n) is 11.3. The van der Waals surface area contributed by atoms with Crippen molar-refractivity contribution in [3.63, 3.8) is 0 Å². The molecule has 1 unspecified atom stereocenters. The Morgan fingerprint density at radius 2 is 1.77 bits per heavy atom. The van der Waals surface area contributed by atoms with Gasteiger partial charge in [0, 0.05) is 53.4 Å². The Labute approximate surface area is 311 Å². The number of aromatic nitrogens is 3. The van der Waals surface area contributed by atoms with E-state index in [0.717, 1.165) is 60.3 Å². The van der Waals surface area contributed by atoms with Gasteiger partial charge in [-0.1, -0.05) is 79.0 Å². The van der Waals surface area contributed by atoms with Gasteiger partial charge in [-0.2, -0.15) is 0 Å². The Bertz CT molecular complexity index is 1900. The summed E-state index contributed by atoms with van der Waals surface area (Å²) in [5, 5.41) is 19.4. The fourth-order valence-corrected chi connectivity index (χ4v) is 11.5. The molecule has 0 radical (unpaired) electrons. The van der Waals surface area contributed by atoms with Crippen LogP contribution in [0.4, 0.5) is 11.4 Å². The number of nitrogens with zero attached hydrogens (tertiary/aromatic N) is 5. The number of aliphatic hydroxyl groups excluding tert-OH is 1. The summed E-state index contributed by atoms with van der Waals surface area (Å²) >= 11 is 6.61. The Hall–Kier alpha value is -3.87. The summed E-state index contributed by atoms with van der Waals surface area (Å²) in [4.78, 5) is 43.1. The minimum atomic E-state index is -2.88. The molecule has 2 amide bonds. The van der Waals surface area contributed by atoms with Gasteiger partial charge in [0.1, 0.15) is 0 Å². The van der Waals surface area contributed by atoms with E-state index in [4.69, 9.17) is 16.3 Å². The molecule has 4 aromatic rings. The van der Waals surface area contributed by atoms with Gasteiger partial charge in [-0.25, -0.2) is 0 Å². The Morgan fingerprint density at radius 3 is 2.50 bits per heavy atom. The van der Waals surface area contributed by atoms with E-state index in [1.165, 1.54) is 0 Å². The number of ether oxygens (including phenoxy) is 1. The van der Waals surface area contributed by atoms with Crippen LogP contribution in [0.3, 0.4) is 0 Å². The maximum absolute atomic E-state index is 14.9. The van der Waals surface area contributed by atoms with Gasteiger partial charge in [0.2, 0.25) is 5.91 Å². The molecule has 7 rings (SSSR count). The Kier molecular flexibility index (Phi) is 10.4. The molecule has 5 atom stereocenters. The average molecular weight is 742 g/mol. The Morgan fingerprint density at radius 1 is 1.02 bits per heavy atom. The Balaban J connectivity index is 1.14.